The molecule has 0 amide bonds. The van der Waals surface area contributed by atoms with Crippen LogP contribution in [0.3, 0.4) is 0 Å². The van der Waals surface area contributed by atoms with Gasteiger partial charge in [-0.25, -0.2) is 0 Å². The van der Waals surface area contributed by atoms with Gasteiger partial charge in [-0.2, -0.15) is 0 Å². The minimum Gasteiger partial charge on any atom is -0.303 e. The molecule has 0 fully saturated rings. The molecule has 0 aromatic heterocycles. The summed E-state index contributed by atoms with van der Waals surface area (Å²) < 4.78 is 0. The summed E-state index contributed by atoms with van der Waals surface area (Å²) in [5.41, 5.74) is 0. The van der Waals surface area contributed by atoms with Gasteiger partial charge in [0.1, 0.15) is 6.29 Å². The van der Waals surface area contributed by atoms with Crippen molar-refractivity contribution >= 4 is 6.29 Å². The molecule has 0 aromatic rings. The summed E-state index contributed by atoms with van der Waals surface area (Å²) in [6.45, 7) is 13.9. The zero-order valence-electron chi connectivity index (χ0n) is 16.9. The van der Waals surface area contributed by atoms with Gasteiger partial charge < -0.3 is 4.79 Å². The van der Waals surface area contributed by atoms with Crippen molar-refractivity contribution in [1.29, 1.82) is 0 Å². The Labute approximate surface area is 147 Å². The Morgan fingerprint density at radius 3 is 1.26 bits per heavy atom. The molecule has 138 valence electrons. The minimum atomic E-state index is 0.301. The summed E-state index contributed by atoms with van der Waals surface area (Å²) in [4.78, 5) is 11.3. The van der Waals surface area contributed by atoms with E-state index in [1.165, 1.54) is 57.7 Å². The maximum Gasteiger partial charge on any atom is 0.123 e. The highest BCUT2D eigenvalue weighted by molar-refractivity contribution is 5.53. The van der Waals surface area contributed by atoms with Gasteiger partial charge in [0.05, 0.1) is 0 Å². The molecule has 0 N–H and O–H groups in total. The Bertz CT molecular complexity index is 245. The molecule has 2 atom stereocenters. The first kappa shape index (κ1) is 22.7. The SMILES string of the molecule is CC(C)CCCC(C)CCC(C=O)CCC(C)CCCC(C)C. The van der Waals surface area contributed by atoms with E-state index < -0.39 is 0 Å². The quantitative estimate of drug-likeness (QED) is 0.289. The largest absolute Gasteiger partial charge is 0.303 e. The molecule has 0 heterocycles. The van der Waals surface area contributed by atoms with Crippen molar-refractivity contribution < 1.29 is 4.79 Å². The van der Waals surface area contributed by atoms with Gasteiger partial charge in [0.2, 0.25) is 0 Å². The molecule has 0 aromatic carbocycles. The minimum absolute atomic E-state index is 0.301. The van der Waals surface area contributed by atoms with Crippen molar-refractivity contribution in [2.45, 2.75) is 106 Å². The first-order chi connectivity index (χ1) is 10.8. The molecule has 0 spiro atoms. The average molecular weight is 325 g/mol. The molecule has 0 aliphatic rings. The maximum atomic E-state index is 11.3. The Morgan fingerprint density at radius 1 is 0.565 bits per heavy atom. The molecule has 1 heteroatoms. The van der Waals surface area contributed by atoms with E-state index >= 15 is 0 Å². The predicted octanol–water partition coefficient (Wildman–Crippen LogP) is 7.29. The third-order valence-electron chi connectivity index (χ3n) is 5.21. The van der Waals surface area contributed by atoms with E-state index in [-0.39, 0.29) is 0 Å². The number of carbonyl (C=O) groups excluding carboxylic acids is 1. The highest BCUT2D eigenvalue weighted by Gasteiger charge is 2.12. The van der Waals surface area contributed by atoms with E-state index in [2.05, 4.69) is 41.5 Å². The van der Waals surface area contributed by atoms with Gasteiger partial charge in [-0.3, -0.25) is 0 Å². The maximum absolute atomic E-state index is 11.3. The fourth-order valence-corrected chi connectivity index (χ4v) is 3.32. The van der Waals surface area contributed by atoms with Crippen molar-refractivity contribution in [2.24, 2.45) is 29.6 Å². The van der Waals surface area contributed by atoms with Crippen molar-refractivity contribution in [3.05, 3.63) is 0 Å². The number of hydrogen-bond donors (Lipinski definition) is 0. The van der Waals surface area contributed by atoms with Crippen molar-refractivity contribution in [1.82, 2.24) is 0 Å². The fraction of sp³-hybridized carbons (Fsp3) is 0.955. The van der Waals surface area contributed by atoms with Crippen LogP contribution in [-0.4, -0.2) is 6.29 Å². The zero-order valence-corrected chi connectivity index (χ0v) is 16.9. The van der Waals surface area contributed by atoms with E-state index in [0.29, 0.717) is 5.92 Å². The highest BCUT2D eigenvalue weighted by atomic mass is 16.1. The molecule has 0 aliphatic heterocycles. The second-order valence-corrected chi connectivity index (χ2v) is 8.91. The summed E-state index contributed by atoms with van der Waals surface area (Å²) in [5, 5.41) is 0. The van der Waals surface area contributed by atoms with Gasteiger partial charge in [-0.1, -0.05) is 92.9 Å². The van der Waals surface area contributed by atoms with Gasteiger partial charge in [-0.05, 0) is 36.5 Å². The lowest BCUT2D eigenvalue weighted by molar-refractivity contribution is -0.111. The topological polar surface area (TPSA) is 17.1 Å². The van der Waals surface area contributed by atoms with Crippen LogP contribution in [0.1, 0.15) is 106 Å². The van der Waals surface area contributed by atoms with Crippen LogP contribution in [-0.2, 0) is 4.79 Å². The Kier molecular flexibility index (Phi) is 13.8. The van der Waals surface area contributed by atoms with Crippen LogP contribution in [0.2, 0.25) is 0 Å². The molecular weight excluding hydrogens is 280 g/mol. The number of carbonyl (C=O) groups is 1. The molecule has 2 unspecified atom stereocenters. The van der Waals surface area contributed by atoms with Gasteiger partial charge >= 0.3 is 0 Å². The van der Waals surface area contributed by atoms with Gasteiger partial charge in [0.15, 0.2) is 0 Å². The summed E-state index contributed by atoms with van der Waals surface area (Å²) >= 11 is 0. The van der Waals surface area contributed by atoms with Crippen molar-refractivity contribution in [3.63, 3.8) is 0 Å². The van der Waals surface area contributed by atoms with E-state index in [9.17, 15) is 4.79 Å². The number of rotatable bonds is 15. The van der Waals surface area contributed by atoms with Gasteiger partial charge in [-0.15, -0.1) is 0 Å². The van der Waals surface area contributed by atoms with Crippen LogP contribution >= 0.6 is 0 Å². The Hall–Kier alpha value is -0.330. The van der Waals surface area contributed by atoms with E-state index in [1.54, 1.807) is 0 Å². The lowest BCUT2D eigenvalue weighted by Crippen LogP contribution is -2.08. The first-order valence-electron chi connectivity index (χ1n) is 10.3. The smallest absolute Gasteiger partial charge is 0.123 e. The fourth-order valence-electron chi connectivity index (χ4n) is 3.32. The normalized spacial score (nSPS) is 15.8. The molecule has 0 saturated heterocycles. The second-order valence-electron chi connectivity index (χ2n) is 8.91. The van der Waals surface area contributed by atoms with Gasteiger partial charge in [0, 0.05) is 5.92 Å². The third-order valence-corrected chi connectivity index (χ3v) is 5.21. The lowest BCUT2D eigenvalue weighted by Gasteiger charge is -2.17. The van der Waals surface area contributed by atoms with E-state index in [1.807, 2.05) is 0 Å². The van der Waals surface area contributed by atoms with Crippen LogP contribution in [0.5, 0.6) is 0 Å². The third kappa shape index (κ3) is 15.0. The summed E-state index contributed by atoms with van der Waals surface area (Å²) in [7, 11) is 0. The van der Waals surface area contributed by atoms with Crippen LogP contribution < -0.4 is 0 Å². The Morgan fingerprint density at radius 2 is 0.957 bits per heavy atom. The van der Waals surface area contributed by atoms with Gasteiger partial charge in [0.25, 0.3) is 0 Å². The van der Waals surface area contributed by atoms with Crippen LogP contribution in [0.15, 0.2) is 0 Å². The second kappa shape index (κ2) is 14.1. The van der Waals surface area contributed by atoms with Crippen LogP contribution in [0, 0.1) is 29.6 Å². The standard InChI is InChI=1S/C22H44O/c1-18(2)9-7-11-20(5)13-15-22(17-23)16-14-21(6)12-8-10-19(3)4/h17-22H,7-16H2,1-6H3. The van der Waals surface area contributed by atoms with Crippen LogP contribution in [0.25, 0.3) is 0 Å². The summed E-state index contributed by atoms with van der Waals surface area (Å²) in [6.07, 6.45) is 13.9. The molecular formula is C22H44O. The molecule has 0 rings (SSSR count). The zero-order chi connectivity index (χ0) is 17.7. The molecule has 0 saturated carbocycles. The molecule has 0 radical (unpaired) electrons. The molecule has 1 nitrogen and oxygen atoms in total. The Balaban J connectivity index is 3.78. The average Bonchev–Trinajstić information content (AvgIpc) is 2.46. The summed E-state index contributed by atoms with van der Waals surface area (Å²) in [5.74, 6) is 3.50. The van der Waals surface area contributed by atoms with E-state index in [4.69, 9.17) is 0 Å². The lowest BCUT2D eigenvalue weighted by atomic mass is 9.88. The summed E-state index contributed by atoms with van der Waals surface area (Å²) in [6, 6.07) is 0. The predicted molar refractivity (Wildman–Crippen MR) is 104 cm³/mol. The van der Waals surface area contributed by atoms with Crippen molar-refractivity contribution in [2.75, 3.05) is 0 Å². The van der Waals surface area contributed by atoms with Crippen LogP contribution in [0.4, 0.5) is 0 Å². The molecule has 0 aliphatic carbocycles. The highest BCUT2D eigenvalue weighted by Crippen LogP contribution is 2.24. The van der Waals surface area contributed by atoms with Crippen molar-refractivity contribution in [3.8, 4) is 0 Å². The molecule has 0 bridgehead atoms. The number of hydrogen-bond acceptors (Lipinski definition) is 1. The monoisotopic (exact) mass is 324 g/mol. The first-order valence-corrected chi connectivity index (χ1v) is 10.3. The molecule has 23 heavy (non-hydrogen) atoms. The van der Waals surface area contributed by atoms with E-state index in [0.717, 1.165) is 36.5 Å². The number of aldehydes is 1.